The van der Waals surface area contributed by atoms with Gasteiger partial charge in [-0.3, -0.25) is 4.79 Å². The van der Waals surface area contributed by atoms with Crippen LogP contribution < -0.4 is 9.47 Å². The molecular weight excluding hydrogens is 326 g/mol. The molecule has 0 saturated heterocycles. The van der Waals surface area contributed by atoms with E-state index in [0.29, 0.717) is 19.0 Å². The van der Waals surface area contributed by atoms with Crippen molar-refractivity contribution in [2.75, 3.05) is 14.2 Å². The highest BCUT2D eigenvalue weighted by atomic mass is 16.5. The van der Waals surface area contributed by atoms with Gasteiger partial charge in [-0.1, -0.05) is 29.8 Å². The van der Waals surface area contributed by atoms with Gasteiger partial charge < -0.3 is 14.4 Å². The molecule has 0 aliphatic heterocycles. The number of hydrogen-bond donors (Lipinski definition) is 0. The monoisotopic (exact) mass is 353 g/mol. The van der Waals surface area contributed by atoms with E-state index in [4.69, 9.17) is 9.47 Å². The van der Waals surface area contributed by atoms with Gasteiger partial charge in [-0.2, -0.15) is 0 Å². The van der Waals surface area contributed by atoms with Crippen LogP contribution in [-0.2, 0) is 17.8 Å². The lowest BCUT2D eigenvalue weighted by atomic mass is 10.1. The number of nitrogens with zero attached hydrogens (tertiary/aromatic N) is 1. The van der Waals surface area contributed by atoms with E-state index >= 15 is 0 Å². The molecule has 0 N–H and O–H groups in total. The van der Waals surface area contributed by atoms with Crippen molar-refractivity contribution in [3.8, 4) is 11.5 Å². The van der Waals surface area contributed by atoms with Crippen molar-refractivity contribution in [1.82, 2.24) is 4.90 Å². The van der Waals surface area contributed by atoms with Crippen LogP contribution in [0, 0.1) is 6.92 Å². The Labute approximate surface area is 155 Å². The molecule has 0 atom stereocenters. The Kier molecular flexibility index (Phi) is 5.82. The number of benzene rings is 2. The molecule has 4 heteroatoms. The normalized spacial score (nSPS) is 13.3. The minimum Gasteiger partial charge on any atom is -0.497 e. The summed E-state index contributed by atoms with van der Waals surface area (Å²) in [5, 5.41) is 0. The smallest absolute Gasteiger partial charge is 0.223 e. The molecule has 2 aromatic rings. The molecule has 4 nitrogen and oxygen atoms in total. The van der Waals surface area contributed by atoms with Crippen LogP contribution in [0.3, 0.4) is 0 Å². The van der Waals surface area contributed by atoms with Gasteiger partial charge in [0.15, 0.2) is 0 Å². The first-order valence-electron chi connectivity index (χ1n) is 9.16. The molecular formula is C22H27NO3. The van der Waals surface area contributed by atoms with Gasteiger partial charge in [-0.05, 0) is 49.9 Å². The van der Waals surface area contributed by atoms with Gasteiger partial charge in [0.25, 0.3) is 0 Å². The number of amides is 1. The summed E-state index contributed by atoms with van der Waals surface area (Å²) in [5.41, 5.74) is 3.44. The zero-order chi connectivity index (χ0) is 18.5. The largest absolute Gasteiger partial charge is 0.497 e. The Hall–Kier alpha value is -2.49. The number of ether oxygens (including phenoxy) is 2. The van der Waals surface area contributed by atoms with Crippen molar-refractivity contribution in [3.63, 3.8) is 0 Å². The van der Waals surface area contributed by atoms with Crippen LogP contribution in [0.25, 0.3) is 0 Å². The lowest BCUT2D eigenvalue weighted by Gasteiger charge is -2.24. The summed E-state index contributed by atoms with van der Waals surface area (Å²) in [5.74, 6) is 1.78. The Balaban J connectivity index is 1.70. The molecule has 0 aromatic heterocycles. The Morgan fingerprint density at radius 3 is 2.58 bits per heavy atom. The van der Waals surface area contributed by atoms with E-state index in [1.807, 2.05) is 23.1 Å². The Bertz CT molecular complexity index is 768. The summed E-state index contributed by atoms with van der Waals surface area (Å²) in [6, 6.07) is 14.5. The fraction of sp³-hybridized carbons (Fsp3) is 0.409. The summed E-state index contributed by atoms with van der Waals surface area (Å²) < 4.78 is 10.8. The first-order chi connectivity index (χ1) is 12.6. The van der Waals surface area contributed by atoms with Gasteiger partial charge in [0, 0.05) is 24.6 Å². The molecule has 1 amide bonds. The van der Waals surface area contributed by atoms with E-state index in [2.05, 4.69) is 31.2 Å². The molecule has 2 aromatic carbocycles. The highest BCUT2D eigenvalue weighted by molar-refractivity contribution is 5.77. The van der Waals surface area contributed by atoms with Crippen LogP contribution in [0.5, 0.6) is 11.5 Å². The number of carbonyl (C=O) groups is 1. The van der Waals surface area contributed by atoms with Gasteiger partial charge in [0.05, 0.1) is 14.2 Å². The highest BCUT2D eigenvalue weighted by Gasteiger charge is 2.32. The van der Waals surface area contributed by atoms with Crippen molar-refractivity contribution in [2.24, 2.45) is 0 Å². The standard InChI is InChI=1S/C22H27NO3/c1-16-5-4-6-17(13-16)7-12-22(24)23(19-8-9-19)15-18-14-20(25-2)10-11-21(18)26-3/h4-6,10-11,13-14,19H,7-9,12,15H2,1-3H3. The molecule has 0 bridgehead atoms. The Morgan fingerprint density at radius 1 is 1.12 bits per heavy atom. The topological polar surface area (TPSA) is 38.8 Å². The van der Waals surface area contributed by atoms with E-state index in [-0.39, 0.29) is 5.91 Å². The van der Waals surface area contributed by atoms with Crippen molar-refractivity contribution in [2.45, 2.75) is 45.2 Å². The van der Waals surface area contributed by atoms with Crippen LogP contribution in [-0.4, -0.2) is 31.1 Å². The van der Waals surface area contributed by atoms with Gasteiger partial charge in [-0.15, -0.1) is 0 Å². The summed E-state index contributed by atoms with van der Waals surface area (Å²) in [4.78, 5) is 14.9. The zero-order valence-corrected chi connectivity index (χ0v) is 15.8. The maximum absolute atomic E-state index is 12.9. The SMILES string of the molecule is COc1ccc(OC)c(CN(C(=O)CCc2cccc(C)c2)C2CC2)c1. The summed E-state index contributed by atoms with van der Waals surface area (Å²) in [7, 11) is 3.31. The zero-order valence-electron chi connectivity index (χ0n) is 15.8. The van der Waals surface area contributed by atoms with E-state index in [1.165, 1.54) is 11.1 Å². The summed E-state index contributed by atoms with van der Waals surface area (Å²) >= 11 is 0. The molecule has 1 aliphatic carbocycles. The molecule has 0 spiro atoms. The third kappa shape index (κ3) is 4.57. The quantitative estimate of drug-likeness (QED) is 0.716. The number of rotatable bonds is 8. The fourth-order valence-electron chi connectivity index (χ4n) is 3.26. The molecule has 26 heavy (non-hydrogen) atoms. The van der Waals surface area contributed by atoms with Crippen LogP contribution >= 0.6 is 0 Å². The molecule has 1 saturated carbocycles. The maximum atomic E-state index is 12.9. The highest BCUT2D eigenvalue weighted by Crippen LogP contribution is 2.32. The maximum Gasteiger partial charge on any atom is 0.223 e. The number of hydrogen-bond acceptors (Lipinski definition) is 3. The van der Waals surface area contributed by atoms with Gasteiger partial charge in [0.1, 0.15) is 11.5 Å². The summed E-state index contributed by atoms with van der Waals surface area (Å²) in [6.45, 7) is 2.65. The van der Waals surface area contributed by atoms with E-state index in [1.54, 1.807) is 14.2 Å². The first kappa shape index (κ1) is 18.3. The predicted octanol–water partition coefficient (Wildman–Crippen LogP) is 4.14. The number of methoxy groups -OCH3 is 2. The van der Waals surface area contributed by atoms with E-state index in [0.717, 1.165) is 36.3 Å². The van der Waals surface area contributed by atoms with E-state index in [9.17, 15) is 4.79 Å². The fourth-order valence-corrected chi connectivity index (χ4v) is 3.26. The average molecular weight is 353 g/mol. The van der Waals surface area contributed by atoms with Gasteiger partial charge in [0.2, 0.25) is 5.91 Å². The molecule has 0 heterocycles. The summed E-state index contributed by atoms with van der Waals surface area (Å²) in [6.07, 6.45) is 3.48. The second-order valence-corrected chi connectivity index (χ2v) is 6.92. The lowest BCUT2D eigenvalue weighted by Crippen LogP contribution is -2.32. The second-order valence-electron chi connectivity index (χ2n) is 6.92. The molecule has 0 unspecified atom stereocenters. The average Bonchev–Trinajstić information content (AvgIpc) is 3.49. The van der Waals surface area contributed by atoms with Crippen molar-refractivity contribution >= 4 is 5.91 Å². The molecule has 1 fully saturated rings. The second kappa shape index (κ2) is 8.26. The van der Waals surface area contributed by atoms with Gasteiger partial charge in [-0.25, -0.2) is 0 Å². The number of carbonyl (C=O) groups excluding carboxylic acids is 1. The van der Waals surface area contributed by atoms with Gasteiger partial charge >= 0.3 is 0 Å². The van der Waals surface area contributed by atoms with Crippen molar-refractivity contribution < 1.29 is 14.3 Å². The minimum absolute atomic E-state index is 0.207. The van der Waals surface area contributed by atoms with Crippen LogP contribution in [0.1, 0.15) is 36.0 Å². The first-order valence-corrected chi connectivity index (χ1v) is 9.16. The number of aryl methyl sites for hydroxylation is 2. The van der Waals surface area contributed by atoms with Crippen molar-refractivity contribution in [1.29, 1.82) is 0 Å². The van der Waals surface area contributed by atoms with Crippen molar-refractivity contribution in [3.05, 3.63) is 59.2 Å². The lowest BCUT2D eigenvalue weighted by molar-refractivity contribution is -0.132. The Morgan fingerprint density at radius 2 is 1.92 bits per heavy atom. The van der Waals surface area contributed by atoms with Crippen LogP contribution in [0.4, 0.5) is 0 Å². The molecule has 3 rings (SSSR count). The van der Waals surface area contributed by atoms with Crippen LogP contribution in [0.15, 0.2) is 42.5 Å². The molecule has 0 radical (unpaired) electrons. The third-order valence-corrected chi connectivity index (χ3v) is 4.85. The third-order valence-electron chi connectivity index (χ3n) is 4.85. The molecule has 138 valence electrons. The van der Waals surface area contributed by atoms with Crippen LogP contribution in [0.2, 0.25) is 0 Å². The predicted molar refractivity (Wildman–Crippen MR) is 103 cm³/mol. The molecule has 1 aliphatic rings. The van der Waals surface area contributed by atoms with E-state index < -0.39 is 0 Å². The minimum atomic E-state index is 0.207.